The lowest BCUT2D eigenvalue weighted by molar-refractivity contribution is -0.0699. The molecule has 0 nitrogen and oxygen atoms in total. The van der Waals surface area contributed by atoms with Gasteiger partial charge in [0.1, 0.15) is 12.0 Å². The minimum absolute atomic E-state index is 0.277. The van der Waals surface area contributed by atoms with Gasteiger partial charge in [-0.25, -0.2) is 8.78 Å². The topological polar surface area (TPSA) is 0 Å². The van der Waals surface area contributed by atoms with Crippen molar-refractivity contribution in [2.75, 3.05) is 0 Å². The molecule has 5 heteroatoms. The molecule has 104 valence electrons. The van der Waals surface area contributed by atoms with E-state index in [1.807, 2.05) is 0 Å². The van der Waals surface area contributed by atoms with Gasteiger partial charge in [-0.15, -0.1) is 0 Å². The van der Waals surface area contributed by atoms with Crippen molar-refractivity contribution in [1.82, 2.24) is 0 Å². The first-order valence-corrected chi connectivity index (χ1v) is 5.58. The van der Waals surface area contributed by atoms with Gasteiger partial charge in [0.25, 0.3) is 0 Å². The monoisotopic (exact) mass is 276 g/mol. The fraction of sp³-hybridized carbons (Fsp3) is 0.286. The van der Waals surface area contributed by atoms with Gasteiger partial charge in [-0.05, 0) is 31.6 Å². The van der Waals surface area contributed by atoms with Crippen LogP contribution >= 0.6 is 0 Å². The van der Waals surface area contributed by atoms with Crippen molar-refractivity contribution < 1.29 is 22.0 Å². The molecule has 0 N–H and O–H groups in total. The summed E-state index contributed by atoms with van der Waals surface area (Å²) in [6, 6.07) is 5.41. The second-order valence-corrected chi connectivity index (χ2v) is 4.13. The van der Waals surface area contributed by atoms with Crippen molar-refractivity contribution in [3.63, 3.8) is 0 Å². The van der Waals surface area contributed by atoms with Gasteiger partial charge in [0.2, 0.25) is 0 Å². The van der Waals surface area contributed by atoms with Crippen molar-refractivity contribution in [2.45, 2.75) is 26.2 Å². The molecule has 0 bridgehead atoms. The quantitative estimate of drug-likeness (QED) is 0.529. The first-order valence-electron chi connectivity index (χ1n) is 5.58. The van der Waals surface area contributed by atoms with Crippen molar-refractivity contribution in [3.05, 3.63) is 53.4 Å². The maximum atomic E-state index is 13.6. The van der Waals surface area contributed by atoms with Gasteiger partial charge >= 0.3 is 6.18 Å². The van der Waals surface area contributed by atoms with Gasteiger partial charge in [-0.1, -0.05) is 29.8 Å². The van der Waals surface area contributed by atoms with E-state index in [1.54, 1.807) is 13.0 Å². The molecule has 0 aliphatic carbocycles. The Kier molecular flexibility index (Phi) is 4.86. The molecule has 1 aromatic carbocycles. The molecule has 19 heavy (non-hydrogen) atoms. The second kappa shape index (κ2) is 5.99. The average Bonchev–Trinajstić information content (AvgIpc) is 2.24. The third-order valence-corrected chi connectivity index (χ3v) is 2.34. The number of rotatable bonds is 3. The van der Waals surface area contributed by atoms with Crippen LogP contribution in [0.3, 0.4) is 0 Å². The molecule has 1 atom stereocenters. The summed E-state index contributed by atoms with van der Waals surface area (Å²) in [7, 11) is 0. The van der Waals surface area contributed by atoms with Crippen LogP contribution in [0.5, 0.6) is 0 Å². The van der Waals surface area contributed by atoms with Crippen molar-refractivity contribution >= 4 is 5.57 Å². The van der Waals surface area contributed by atoms with Crippen LogP contribution < -0.4 is 0 Å². The summed E-state index contributed by atoms with van der Waals surface area (Å²) >= 11 is 0. The van der Waals surface area contributed by atoms with E-state index in [4.69, 9.17) is 0 Å². The van der Waals surface area contributed by atoms with Crippen LogP contribution in [0.2, 0.25) is 0 Å². The molecule has 0 fully saturated rings. The van der Waals surface area contributed by atoms with Gasteiger partial charge < -0.3 is 0 Å². The number of hydrogen-bond acceptors (Lipinski definition) is 0. The molecule has 1 aromatic rings. The third-order valence-electron chi connectivity index (χ3n) is 2.34. The highest BCUT2D eigenvalue weighted by molar-refractivity contribution is 5.73. The standard InChI is InChI=1S/C14H13F5/c1-9-4-3-5-11(8-9)13(14(17,18)19)12(16)7-6-10(2)15/h3-8,10H,1-2H3/b7-6+,13-12+. The van der Waals surface area contributed by atoms with Crippen molar-refractivity contribution in [3.8, 4) is 0 Å². The van der Waals surface area contributed by atoms with E-state index in [2.05, 4.69) is 0 Å². The van der Waals surface area contributed by atoms with Crippen LogP contribution in [0.25, 0.3) is 5.57 Å². The Hall–Kier alpha value is -1.65. The van der Waals surface area contributed by atoms with Crippen LogP contribution in [-0.2, 0) is 0 Å². The van der Waals surface area contributed by atoms with Gasteiger partial charge in [-0.2, -0.15) is 13.2 Å². The molecular formula is C14H13F5. The van der Waals surface area contributed by atoms with E-state index in [1.165, 1.54) is 18.2 Å². The number of benzene rings is 1. The Morgan fingerprint density at radius 3 is 2.37 bits per heavy atom. The number of alkyl halides is 4. The maximum Gasteiger partial charge on any atom is 0.419 e. The zero-order chi connectivity index (χ0) is 14.6. The first kappa shape index (κ1) is 15.4. The highest BCUT2D eigenvalue weighted by Gasteiger charge is 2.37. The zero-order valence-corrected chi connectivity index (χ0v) is 10.4. The molecule has 0 spiro atoms. The highest BCUT2D eigenvalue weighted by Crippen LogP contribution is 2.37. The lowest BCUT2D eigenvalue weighted by atomic mass is 10.0. The lowest BCUT2D eigenvalue weighted by Gasteiger charge is -2.13. The summed E-state index contributed by atoms with van der Waals surface area (Å²) in [4.78, 5) is 0. The highest BCUT2D eigenvalue weighted by atomic mass is 19.4. The molecule has 0 heterocycles. The molecule has 0 radical (unpaired) electrons. The number of allylic oxidation sites excluding steroid dienone is 4. The van der Waals surface area contributed by atoms with Gasteiger partial charge in [0.05, 0.1) is 5.57 Å². The predicted molar refractivity (Wildman–Crippen MR) is 65.0 cm³/mol. The van der Waals surface area contributed by atoms with E-state index in [-0.39, 0.29) is 5.56 Å². The van der Waals surface area contributed by atoms with Gasteiger partial charge in [0, 0.05) is 0 Å². The minimum atomic E-state index is -4.85. The van der Waals surface area contributed by atoms with E-state index < -0.39 is 23.7 Å². The van der Waals surface area contributed by atoms with Crippen LogP contribution in [0.4, 0.5) is 22.0 Å². The summed E-state index contributed by atoms with van der Waals surface area (Å²) in [5, 5.41) is 0. The molecule has 0 aliphatic rings. The SMILES string of the molecule is Cc1cccc(/C(=C(F)/C=C/C(C)F)C(F)(F)F)c1. The fourth-order valence-electron chi connectivity index (χ4n) is 1.54. The Morgan fingerprint density at radius 1 is 1.26 bits per heavy atom. The molecule has 1 rings (SSSR count). The van der Waals surface area contributed by atoms with E-state index in [0.29, 0.717) is 11.6 Å². The zero-order valence-electron chi connectivity index (χ0n) is 10.4. The average molecular weight is 276 g/mol. The Labute approximate surface area is 108 Å². The molecule has 0 aromatic heterocycles. The number of aryl methyl sites for hydroxylation is 1. The van der Waals surface area contributed by atoms with Gasteiger partial charge in [-0.3, -0.25) is 0 Å². The van der Waals surface area contributed by atoms with Crippen LogP contribution in [0, 0.1) is 6.92 Å². The lowest BCUT2D eigenvalue weighted by Crippen LogP contribution is -2.12. The van der Waals surface area contributed by atoms with Gasteiger partial charge in [0.15, 0.2) is 0 Å². The third kappa shape index (κ3) is 4.50. The van der Waals surface area contributed by atoms with E-state index >= 15 is 0 Å². The van der Waals surface area contributed by atoms with Crippen LogP contribution in [0.1, 0.15) is 18.1 Å². The predicted octanol–water partition coefficient (Wildman–Crippen LogP) is 5.15. The summed E-state index contributed by atoms with van der Waals surface area (Å²) in [6.07, 6.45) is -5.12. The maximum absolute atomic E-state index is 13.6. The molecular weight excluding hydrogens is 263 g/mol. The van der Waals surface area contributed by atoms with Crippen molar-refractivity contribution in [2.24, 2.45) is 0 Å². The number of halogens is 5. The molecule has 0 aliphatic heterocycles. The smallest absolute Gasteiger partial charge is 0.243 e. The fourth-order valence-corrected chi connectivity index (χ4v) is 1.54. The molecule has 0 amide bonds. The molecule has 1 unspecified atom stereocenters. The van der Waals surface area contributed by atoms with Crippen LogP contribution in [-0.4, -0.2) is 12.3 Å². The Bertz CT molecular complexity index is 495. The van der Waals surface area contributed by atoms with E-state index in [9.17, 15) is 22.0 Å². The summed E-state index contributed by atoms with van der Waals surface area (Å²) in [5.74, 6) is -1.50. The Morgan fingerprint density at radius 2 is 1.89 bits per heavy atom. The molecule has 0 saturated heterocycles. The summed E-state index contributed by atoms with van der Waals surface area (Å²) in [6.45, 7) is 2.71. The second-order valence-electron chi connectivity index (χ2n) is 4.13. The summed E-state index contributed by atoms with van der Waals surface area (Å²) < 4.78 is 64.8. The van der Waals surface area contributed by atoms with Crippen LogP contribution in [0.15, 0.2) is 42.2 Å². The van der Waals surface area contributed by atoms with Crippen molar-refractivity contribution in [1.29, 1.82) is 0 Å². The first-order chi connectivity index (χ1) is 8.71. The Balaban J connectivity index is 3.34. The largest absolute Gasteiger partial charge is 0.419 e. The molecule has 0 saturated carbocycles. The number of hydrogen-bond donors (Lipinski definition) is 0. The van der Waals surface area contributed by atoms with E-state index in [0.717, 1.165) is 13.0 Å². The summed E-state index contributed by atoms with van der Waals surface area (Å²) in [5.41, 5.74) is -1.09. The minimum Gasteiger partial charge on any atom is -0.243 e. The normalized spacial score (nSPS) is 15.5.